The number of rotatable bonds is 6. The molecule has 6 nitrogen and oxygen atoms in total. The number of fused-ring (bicyclic) bond motifs is 1. The lowest BCUT2D eigenvalue weighted by molar-refractivity contribution is 0.102. The van der Waals surface area contributed by atoms with Crippen LogP contribution in [0.25, 0.3) is 5.65 Å². The Hall–Kier alpha value is -3.80. The standard InChI is InChI=1S/C23H21N3O3/c1-28-18-13-17(14-19(15-18)29-2)23(27)25-22-20(12-16-8-4-3-5-9-16)24-21-10-6-7-11-26(21)22/h3-11,13-15H,12H2,1-2H3,(H,25,27). The molecule has 29 heavy (non-hydrogen) atoms. The molecule has 0 aliphatic rings. The average molecular weight is 387 g/mol. The van der Waals surface area contributed by atoms with Gasteiger partial charge in [0.25, 0.3) is 5.91 Å². The van der Waals surface area contributed by atoms with E-state index >= 15 is 0 Å². The Bertz CT molecular complexity index is 1130. The molecule has 1 N–H and O–H groups in total. The maximum atomic E-state index is 13.0. The van der Waals surface area contributed by atoms with Gasteiger partial charge in [-0.3, -0.25) is 9.20 Å². The summed E-state index contributed by atoms with van der Waals surface area (Å²) in [6.45, 7) is 0. The predicted octanol–water partition coefficient (Wildman–Crippen LogP) is 4.19. The molecule has 2 heterocycles. The fourth-order valence-corrected chi connectivity index (χ4v) is 3.21. The molecular formula is C23H21N3O3. The van der Waals surface area contributed by atoms with Crippen LogP contribution in [0.5, 0.6) is 11.5 Å². The van der Waals surface area contributed by atoms with Gasteiger partial charge in [0.15, 0.2) is 0 Å². The molecule has 0 saturated carbocycles. The van der Waals surface area contributed by atoms with Gasteiger partial charge in [0.1, 0.15) is 23.0 Å². The number of nitrogens with one attached hydrogen (secondary N) is 1. The van der Waals surface area contributed by atoms with Crippen LogP contribution in [-0.2, 0) is 6.42 Å². The molecule has 0 saturated heterocycles. The number of hydrogen-bond donors (Lipinski definition) is 1. The largest absolute Gasteiger partial charge is 0.497 e. The average Bonchev–Trinajstić information content (AvgIpc) is 3.10. The number of hydrogen-bond acceptors (Lipinski definition) is 4. The van der Waals surface area contributed by atoms with Crippen LogP contribution in [0.1, 0.15) is 21.6 Å². The number of carbonyl (C=O) groups excluding carboxylic acids is 1. The Morgan fingerprint density at radius 2 is 1.66 bits per heavy atom. The van der Waals surface area contributed by atoms with Crippen molar-refractivity contribution in [2.24, 2.45) is 0 Å². The summed E-state index contributed by atoms with van der Waals surface area (Å²) in [7, 11) is 3.11. The molecule has 0 aliphatic heterocycles. The van der Waals surface area contributed by atoms with Crippen molar-refractivity contribution in [1.82, 2.24) is 9.38 Å². The fourth-order valence-electron chi connectivity index (χ4n) is 3.21. The third kappa shape index (κ3) is 3.91. The molecule has 2 aromatic carbocycles. The first-order valence-electron chi connectivity index (χ1n) is 9.22. The molecular weight excluding hydrogens is 366 g/mol. The van der Waals surface area contributed by atoms with Gasteiger partial charge in [0.05, 0.1) is 19.9 Å². The minimum absolute atomic E-state index is 0.262. The minimum atomic E-state index is -0.262. The van der Waals surface area contributed by atoms with E-state index in [-0.39, 0.29) is 5.91 Å². The Labute approximate surface area is 168 Å². The lowest BCUT2D eigenvalue weighted by atomic mass is 10.1. The molecule has 4 aromatic rings. The Balaban J connectivity index is 1.71. The molecule has 146 valence electrons. The highest BCUT2D eigenvalue weighted by Gasteiger charge is 2.17. The lowest BCUT2D eigenvalue weighted by Crippen LogP contribution is -2.15. The predicted molar refractivity (Wildman–Crippen MR) is 112 cm³/mol. The summed E-state index contributed by atoms with van der Waals surface area (Å²) in [5.41, 5.74) is 3.13. The van der Waals surface area contributed by atoms with Crippen molar-refractivity contribution in [3.8, 4) is 11.5 Å². The topological polar surface area (TPSA) is 64.9 Å². The molecule has 0 unspecified atom stereocenters. The zero-order valence-electron chi connectivity index (χ0n) is 16.3. The number of nitrogens with zero attached hydrogens (tertiary/aromatic N) is 2. The van der Waals surface area contributed by atoms with Crippen molar-refractivity contribution in [2.45, 2.75) is 6.42 Å². The molecule has 0 spiro atoms. The van der Waals surface area contributed by atoms with E-state index in [0.717, 1.165) is 16.9 Å². The number of imidazole rings is 1. The highest BCUT2D eigenvalue weighted by atomic mass is 16.5. The molecule has 0 fully saturated rings. The third-order valence-corrected chi connectivity index (χ3v) is 4.66. The summed E-state index contributed by atoms with van der Waals surface area (Å²) in [4.78, 5) is 17.8. The second-order valence-corrected chi connectivity index (χ2v) is 6.55. The SMILES string of the molecule is COc1cc(OC)cc(C(=O)Nc2c(Cc3ccccc3)nc3ccccn23)c1. The molecule has 6 heteroatoms. The molecule has 1 amide bonds. The van der Waals surface area contributed by atoms with Gasteiger partial charge in [-0.2, -0.15) is 0 Å². The van der Waals surface area contributed by atoms with Gasteiger partial charge in [0, 0.05) is 24.2 Å². The van der Waals surface area contributed by atoms with Crippen LogP contribution in [0.15, 0.2) is 72.9 Å². The second kappa shape index (κ2) is 8.06. The first kappa shape index (κ1) is 18.6. The van der Waals surface area contributed by atoms with Crippen molar-refractivity contribution in [3.63, 3.8) is 0 Å². The van der Waals surface area contributed by atoms with E-state index in [0.29, 0.717) is 29.3 Å². The summed E-state index contributed by atoms with van der Waals surface area (Å²) >= 11 is 0. The summed E-state index contributed by atoms with van der Waals surface area (Å²) in [5, 5.41) is 3.02. The Morgan fingerprint density at radius 3 is 2.34 bits per heavy atom. The number of methoxy groups -OCH3 is 2. The van der Waals surface area contributed by atoms with Gasteiger partial charge >= 0.3 is 0 Å². The fraction of sp³-hybridized carbons (Fsp3) is 0.130. The van der Waals surface area contributed by atoms with Crippen molar-refractivity contribution >= 4 is 17.4 Å². The van der Waals surface area contributed by atoms with Gasteiger partial charge in [-0.25, -0.2) is 4.98 Å². The van der Waals surface area contributed by atoms with E-state index < -0.39 is 0 Å². The van der Waals surface area contributed by atoms with Crippen molar-refractivity contribution in [1.29, 1.82) is 0 Å². The van der Waals surface area contributed by atoms with E-state index in [2.05, 4.69) is 5.32 Å². The summed E-state index contributed by atoms with van der Waals surface area (Å²) < 4.78 is 12.4. The first-order chi connectivity index (χ1) is 14.2. The summed E-state index contributed by atoms with van der Waals surface area (Å²) in [6.07, 6.45) is 2.50. The van der Waals surface area contributed by atoms with Crippen LogP contribution >= 0.6 is 0 Å². The van der Waals surface area contributed by atoms with E-state index in [9.17, 15) is 4.79 Å². The monoisotopic (exact) mass is 387 g/mol. The van der Waals surface area contributed by atoms with E-state index in [1.54, 1.807) is 32.4 Å². The zero-order chi connectivity index (χ0) is 20.2. The maximum absolute atomic E-state index is 13.0. The van der Waals surface area contributed by atoms with Crippen molar-refractivity contribution < 1.29 is 14.3 Å². The number of anilines is 1. The summed E-state index contributed by atoms with van der Waals surface area (Å²) in [5.74, 6) is 1.49. The second-order valence-electron chi connectivity index (χ2n) is 6.55. The highest BCUT2D eigenvalue weighted by molar-refractivity contribution is 6.05. The normalized spacial score (nSPS) is 10.7. The van der Waals surface area contributed by atoms with Crippen molar-refractivity contribution in [3.05, 3.63) is 89.7 Å². The van der Waals surface area contributed by atoms with Crippen LogP contribution < -0.4 is 14.8 Å². The summed E-state index contributed by atoms with van der Waals surface area (Å²) in [6, 6.07) is 20.9. The van der Waals surface area contributed by atoms with E-state index in [1.807, 2.05) is 59.1 Å². The quantitative estimate of drug-likeness (QED) is 0.539. The van der Waals surface area contributed by atoms with Crippen LogP contribution in [0.2, 0.25) is 0 Å². The highest BCUT2D eigenvalue weighted by Crippen LogP contribution is 2.25. The third-order valence-electron chi connectivity index (χ3n) is 4.66. The zero-order valence-corrected chi connectivity index (χ0v) is 16.3. The van der Waals surface area contributed by atoms with E-state index in [4.69, 9.17) is 14.5 Å². The number of benzene rings is 2. The lowest BCUT2D eigenvalue weighted by Gasteiger charge is -2.10. The number of amides is 1. The minimum Gasteiger partial charge on any atom is -0.497 e. The van der Waals surface area contributed by atoms with Gasteiger partial charge in [-0.05, 0) is 29.8 Å². The van der Waals surface area contributed by atoms with Crippen molar-refractivity contribution in [2.75, 3.05) is 19.5 Å². The number of aromatic nitrogens is 2. The van der Waals surface area contributed by atoms with Crippen LogP contribution in [0.3, 0.4) is 0 Å². The number of ether oxygens (including phenoxy) is 2. The van der Waals surface area contributed by atoms with E-state index in [1.165, 1.54) is 0 Å². The Morgan fingerprint density at radius 1 is 0.966 bits per heavy atom. The Kier molecular flexibility index (Phi) is 5.16. The van der Waals surface area contributed by atoms with Crippen LogP contribution in [0, 0.1) is 0 Å². The molecule has 0 bridgehead atoms. The smallest absolute Gasteiger partial charge is 0.257 e. The molecule has 0 aliphatic carbocycles. The van der Waals surface area contributed by atoms with Crippen LogP contribution in [-0.4, -0.2) is 29.5 Å². The van der Waals surface area contributed by atoms with Gasteiger partial charge in [-0.15, -0.1) is 0 Å². The van der Waals surface area contributed by atoms with Crippen LogP contribution in [0.4, 0.5) is 5.82 Å². The van der Waals surface area contributed by atoms with Gasteiger partial charge < -0.3 is 14.8 Å². The van der Waals surface area contributed by atoms with Gasteiger partial charge in [-0.1, -0.05) is 36.4 Å². The molecule has 2 aromatic heterocycles. The van der Waals surface area contributed by atoms with Gasteiger partial charge in [0.2, 0.25) is 0 Å². The number of carbonyl (C=O) groups is 1. The first-order valence-corrected chi connectivity index (χ1v) is 9.22. The number of pyridine rings is 1. The maximum Gasteiger partial charge on any atom is 0.257 e. The molecule has 0 atom stereocenters. The molecule has 0 radical (unpaired) electrons. The molecule has 4 rings (SSSR count).